The molecule has 0 fully saturated rings. The maximum absolute atomic E-state index is 12.8. The lowest BCUT2D eigenvalue weighted by Crippen LogP contribution is -2.20. The Balaban J connectivity index is 2.44. The summed E-state index contributed by atoms with van der Waals surface area (Å²) in [7, 11) is -0.911. The van der Waals surface area contributed by atoms with E-state index in [-0.39, 0.29) is 33.3 Å². The predicted molar refractivity (Wildman–Crippen MR) is 112 cm³/mol. The Morgan fingerprint density at radius 2 is 1.67 bits per heavy atom. The van der Waals surface area contributed by atoms with Crippen LogP contribution >= 0.6 is 0 Å². The zero-order chi connectivity index (χ0) is 22.5. The summed E-state index contributed by atoms with van der Waals surface area (Å²) in [5.41, 5.74) is -0.201. The van der Waals surface area contributed by atoms with Gasteiger partial charge in [-0.2, -0.15) is 0 Å². The molecule has 162 valence electrons. The minimum atomic E-state index is -3.59. The minimum absolute atomic E-state index is 0.0119. The molecule has 0 aliphatic carbocycles. The summed E-state index contributed by atoms with van der Waals surface area (Å²) in [5, 5.41) is 13.2. The number of carbonyl (C=O) groups is 1. The fraction of sp³-hybridized carbons (Fsp3) is 0.350. The van der Waals surface area contributed by atoms with E-state index >= 15 is 0 Å². The van der Waals surface area contributed by atoms with Crippen LogP contribution in [0.5, 0.6) is 11.5 Å². The van der Waals surface area contributed by atoms with Gasteiger partial charge in [-0.05, 0) is 43.2 Å². The number of rotatable bonds is 9. The van der Waals surface area contributed by atoms with Crippen LogP contribution in [0.3, 0.4) is 0 Å². The molecular formula is C20H24N2O7S. The number of anilines is 1. The van der Waals surface area contributed by atoms with Crippen molar-refractivity contribution in [2.24, 2.45) is 0 Å². The van der Waals surface area contributed by atoms with E-state index in [1.165, 1.54) is 44.6 Å². The molecule has 2 aromatic carbocycles. The maximum atomic E-state index is 12.8. The molecule has 0 atom stereocenters. The first-order chi connectivity index (χ1) is 14.2. The van der Waals surface area contributed by atoms with Crippen molar-refractivity contribution in [3.8, 4) is 11.5 Å². The first-order valence-electron chi connectivity index (χ1n) is 9.25. The third kappa shape index (κ3) is 4.70. The molecule has 0 aliphatic heterocycles. The number of carbonyl (C=O) groups excluding carboxylic acids is 1. The number of nitro benzene ring substituents is 1. The van der Waals surface area contributed by atoms with E-state index < -0.39 is 25.9 Å². The largest absolute Gasteiger partial charge is 0.495 e. The second-order valence-electron chi connectivity index (χ2n) is 6.44. The highest BCUT2D eigenvalue weighted by atomic mass is 32.2. The number of amides is 1. The topological polar surface area (TPSA) is 125 Å². The van der Waals surface area contributed by atoms with Gasteiger partial charge in [0, 0.05) is 11.6 Å². The fourth-order valence-electron chi connectivity index (χ4n) is 3.05. The van der Waals surface area contributed by atoms with E-state index in [0.717, 1.165) is 6.07 Å². The Kier molecular flexibility index (Phi) is 7.38. The zero-order valence-corrected chi connectivity index (χ0v) is 18.0. The number of nitrogens with one attached hydrogen (secondary N) is 1. The summed E-state index contributed by atoms with van der Waals surface area (Å²) in [6, 6.07) is 8.01. The molecule has 1 N–H and O–H groups in total. The van der Waals surface area contributed by atoms with Gasteiger partial charge in [0.1, 0.15) is 5.75 Å². The SMILES string of the molecule is CCC(CC)S(=O)(=O)c1ccc(OC)c(NC(=O)c2ccc(OC)c([N+](=O)[O-])c2)c1. The second kappa shape index (κ2) is 9.57. The van der Waals surface area contributed by atoms with Gasteiger partial charge in [0.15, 0.2) is 15.6 Å². The van der Waals surface area contributed by atoms with Crippen molar-refractivity contribution in [2.75, 3.05) is 19.5 Å². The summed E-state index contributed by atoms with van der Waals surface area (Å²) in [6.45, 7) is 3.60. The summed E-state index contributed by atoms with van der Waals surface area (Å²) in [6.07, 6.45) is 0.921. The monoisotopic (exact) mass is 436 g/mol. The van der Waals surface area contributed by atoms with Gasteiger partial charge < -0.3 is 14.8 Å². The number of hydrogen-bond donors (Lipinski definition) is 1. The highest BCUT2D eigenvalue weighted by molar-refractivity contribution is 7.92. The molecule has 0 aliphatic rings. The van der Waals surface area contributed by atoms with Crippen molar-refractivity contribution < 1.29 is 27.6 Å². The average Bonchev–Trinajstić information content (AvgIpc) is 2.73. The number of methoxy groups -OCH3 is 2. The van der Waals surface area contributed by atoms with Crippen LogP contribution in [0.2, 0.25) is 0 Å². The van der Waals surface area contributed by atoms with Crippen molar-refractivity contribution in [3.05, 3.63) is 52.1 Å². The van der Waals surface area contributed by atoms with Gasteiger partial charge >= 0.3 is 5.69 Å². The zero-order valence-electron chi connectivity index (χ0n) is 17.2. The molecule has 0 bridgehead atoms. The highest BCUT2D eigenvalue weighted by Crippen LogP contribution is 2.32. The summed E-state index contributed by atoms with van der Waals surface area (Å²) >= 11 is 0. The van der Waals surface area contributed by atoms with Crippen molar-refractivity contribution in [3.63, 3.8) is 0 Å². The molecule has 2 aromatic rings. The molecule has 30 heavy (non-hydrogen) atoms. The second-order valence-corrected chi connectivity index (χ2v) is 8.67. The number of nitro groups is 1. The Morgan fingerprint density at radius 3 is 2.20 bits per heavy atom. The number of nitrogens with zero attached hydrogens (tertiary/aromatic N) is 1. The van der Waals surface area contributed by atoms with Gasteiger partial charge in [-0.1, -0.05) is 13.8 Å². The first-order valence-corrected chi connectivity index (χ1v) is 10.8. The van der Waals surface area contributed by atoms with E-state index in [1.54, 1.807) is 13.8 Å². The predicted octanol–water partition coefficient (Wildman–Crippen LogP) is 3.83. The Hall–Kier alpha value is -3.14. The molecule has 0 heterocycles. The third-order valence-corrected chi connectivity index (χ3v) is 7.19. The molecule has 9 nitrogen and oxygen atoms in total. The maximum Gasteiger partial charge on any atom is 0.311 e. The van der Waals surface area contributed by atoms with Crippen molar-refractivity contribution >= 4 is 27.1 Å². The normalized spacial score (nSPS) is 11.2. The average molecular weight is 436 g/mol. The van der Waals surface area contributed by atoms with Gasteiger partial charge in [-0.3, -0.25) is 14.9 Å². The van der Waals surface area contributed by atoms with Crippen LogP contribution in [0.1, 0.15) is 37.0 Å². The molecule has 2 rings (SSSR count). The van der Waals surface area contributed by atoms with E-state index in [9.17, 15) is 23.3 Å². The van der Waals surface area contributed by atoms with Crippen LogP contribution in [-0.2, 0) is 9.84 Å². The van der Waals surface area contributed by atoms with Gasteiger partial charge in [0.25, 0.3) is 5.91 Å². The lowest BCUT2D eigenvalue weighted by Gasteiger charge is -2.16. The number of hydrogen-bond acceptors (Lipinski definition) is 7. The molecule has 0 aromatic heterocycles. The lowest BCUT2D eigenvalue weighted by atomic mass is 10.1. The van der Waals surface area contributed by atoms with E-state index in [0.29, 0.717) is 12.8 Å². The van der Waals surface area contributed by atoms with Gasteiger partial charge in [-0.25, -0.2) is 8.42 Å². The fourth-order valence-corrected chi connectivity index (χ4v) is 4.85. The Bertz CT molecular complexity index is 1050. The van der Waals surface area contributed by atoms with E-state index in [2.05, 4.69) is 5.32 Å². The van der Waals surface area contributed by atoms with Crippen LogP contribution in [0.25, 0.3) is 0 Å². The highest BCUT2D eigenvalue weighted by Gasteiger charge is 2.26. The van der Waals surface area contributed by atoms with Crippen molar-refractivity contribution in [1.29, 1.82) is 0 Å². The van der Waals surface area contributed by atoms with Crippen LogP contribution in [0, 0.1) is 10.1 Å². The van der Waals surface area contributed by atoms with Gasteiger partial charge in [0.2, 0.25) is 0 Å². The third-order valence-electron chi connectivity index (χ3n) is 4.73. The van der Waals surface area contributed by atoms with Crippen LogP contribution in [-0.4, -0.2) is 38.7 Å². The van der Waals surface area contributed by atoms with Gasteiger partial charge in [-0.15, -0.1) is 0 Å². The van der Waals surface area contributed by atoms with E-state index in [4.69, 9.17) is 9.47 Å². The molecule has 0 radical (unpaired) electrons. The molecule has 0 saturated carbocycles. The van der Waals surface area contributed by atoms with Crippen LogP contribution in [0.15, 0.2) is 41.3 Å². The summed E-state index contributed by atoms with van der Waals surface area (Å²) in [5.74, 6) is -0.376. The molecule has 0 saturated heterocycles. The number of sulfone groups is 1. The molecule has 0 spiro atoms. The quantitative estimate of drug-likeness (QED) is 0.468. The van der Waals surface area contributed by atoms with Crippen LogP contribution in [0.4, 0.5) is 11.4 Å². The lowest BCUT2D eigenvalue weighted by molar-refractivity contribution is -0.385. The molecule has 1 amide bonds. The van der Waals surface area contributed by atoms with E-state index in [1.807, 2.05) is 0 Å². The number of ether oxygens (including phenoxy) is 2. The smallest absolute Gasteiger partial charge is 0.311 e. The summed E-state index contributed by atoms with van der Waals surface area (Å²) < 4.78 is 35.9. The molecule has 10 heteroatoms. The minimum Gasteiger partial charge on any atom is -0.495 e. The summed E-state index contributed by atoms with van der Waals surface area (Å²) in [4.78, 5) is 23.3. The van der Waals surface area contributed by atoms with Crippen molar-refractivity contribution in [1.82, 2.24) is 0 Å². The Labute approximate surface area is 175 Å². The number of benzene rings is 2. The Morgan fingerprint density at radius 1 is 1.07 bits per heavy atom. The van der Waals surface area contributed by atoms with Crippen LogP contribution < -0.4 is 14.8 Å². The first kappa shape index (κ1) is 23.1. The molecule has 0 unspecified atom stereocenters. The van der Waals surface area contributed by atoms with Crippen molar-refractivity contribution in [2.45, 2.75) is 36.8 Å². The van der Waals surface area contributed by atoms with Gasteiger partial charge in [0.05, 0.1) is 35.0 Å². The standard InChI is InChI=1S/C20H24N2O7S/c1-5-14(6-2)30(26,27)15-8-10-18(28-3)16(12-15)21-20(23)13-7-9-19(29-4)17(11-13)22(24)25/h7-12,14H,5-6H2,1-4H3,(H,21,23). The molecular weight excluding hydrogens is 412 g/mol.